The second-order valence-electron chi connectivity index (χ2n) is 6.53. The normalized spacial score (nSPS) is 15.6. The first-order chi connectivity index (χ1) is 13.1. The lowest BCUT2D eigenvalue weighted by atomic mass is 9.98. The van der Waals surface area contributed by atoms with Crippen LogP contribution in [0.5, 0.6) is 11.5 Å². The van der Waals surface area contributed by atoms with Gasteiger partial charge in [-0.15, -0.1) is 0 Å². The summed E-state index contributed by atoms with van der Waals surface area (Å²) in [6.07, 6.45) is 2.48. The number of aliphatic hydroxyl groups is 1. The molecule has 0 spiro atoms. The molecular weight excluding hydrogens is 346 g/mol. The molecule has 0 aliphatic carbocycles. The Balaban J connectivity index is 1.50. The topological polar surface area (TPSA) is 81.8 Å². The van der Waals surface area contributed by atoms with E-state index in [1.54, 1.807) is 12.3 Å². The number of aryl methyl sites for hydroxylation is 1. The maximum Gasteiger partial charge on any atom is 0.191 e. The standard InChI is InChI=1S/C21H19NO5/c1-13-2-5-18-19(6-13)27-21(11-25-18)17(24)8-14-3-4-16(15(7-14)10-23)20-9-22-12-26-20/h2-7,9,12,21,23H,8,10-11H2,1H3. The van der Waals surface area contributed by atoms with E-state index in [4.69, 9.17) is 13.9 Å². The van der Waals surface area contributed by atoms with Crippen LogP contribution in [0.1, 0.15) is 16.7 Å². The van der Waals surface area contributed by atoms with Gasteiger partial charge in [-0.3, -0.25) is 4.79 Å². The molecule has 1 N–H and O–H groups in total. The molecule has 0 saturated heterocycles. The number of hydrogen-bond acceptors (Lipinski definition) is 6. The number of fused-ring (bicyclic) bond motifs is 1. The highest BCUT2D eigenvalue weighted by Crippen LogP contribution is 2.33. The Hall–Kier alpha value is -3.12. The van der Waals surface area contributed by atoms with Crippen molar-refractivity contribution in [2.45, 2.75) is 26.1 Å². The zero-order chi connectivity index (χ0) is 18.8. The molecule has 27 heavy (non-hydrogen) atoms. The summed E-state index contributed by atoms with van der Waals surface area (Å²) in [5.74, 6) is 1.76. The number of benzene rings is 2. The molecule has 1 aromatic heterocycles. The highest BCUT2D eigenvalue weighted by atomic mass is 16.6. The van der Waals surface area contributed by atoms with Gasteiger partial charge in [0.2, 0.25) is 0 Å². The summed E-state index contributed by atoms with van der Waals surface area (Å²) in [7, 11) is 0. The van der Waals surface area contributed by atoms with Crippen LogP contribution in [0.3, 0.4) is 0 Å². The van der Waals surface area contributed by atoms with Crippen LogP contribution in [0.4, 0.5) is 0 Å². The Labute approximate surface area is 156 Å². The lowest BCUT2D eigenvalue weighted by Crippen LogP contribution is -2.37. The summed E-state index contributed by atoms with van der Waals surface area (Å²) in [5, 5.41) is 9.67. The maximum absolute atomic E-state index is 12.7. The molecule has 4 rings (SSSR count). The van der Waals surface area contributed by atoms with Crippen LogP contribution >= 0.6 is 0 Å². The van der Waals surface area contributed by atoms with E-state index >= 15 is 0 Å². The van der Waals surface area contributed by atoms with Crippen molar-refractivity contribution in [3.63, 3.8) is 0 Å². The molecular formula is C21H19NO5. The number of carbonyl (C=O) groups is 1. The van der Waals surface area contributed by atoms with Gasteiger partial charge < -0.3 is 19.0 Å². The number of hydrogen-bond donors (Lipinski definition) is 1. The van der Waals surface area contributed by atoms with Gasteiger partial charge in [0.15, 0.2) is 35.5 Å². The molecule has 3 aromatic rings. The maximum atomic E-state index is 12.7. The summed E-state index contributed by atoms with van der Waals surface area (Å²) in [6, 6.07) is 11.1. The first-order valence-corrected chi connectivity index (χ1v) is 8.68. The van der Waals surface area contributed by atoms with E-state index in [-0.39, 0.29) is 25.4 Å². The summed E-state index contributed by atoms with van der Waals surface area (Å²) in [4.78, 5) is 16.6. The third-order valence-corrected chi connectivity index (χ3v) is 4.53. The highest BCUT2D eigenvalue weighted by molar-refractivity contribution is 5.86. The molecule has 0 amide bonds. The Morgan fingerprint density at radius 2 is 2.11 bits per heavy atom. The monoisotopic (exact) mass is 365 g/mol. The van der Waals surface area contributed by atoms with E-state index in [1.165, 1.54) is 6.39 Å². The fourth-order valence-corrected chi connectivity index (χ4v) is 3.13. The Morgan fingerprint density at radius 3 is 2.89 bits per heavy atom. The van der Waals surface area contributed by atoms with Crippen LogP contribution in [-0.4, -0.2) is 28.6 Å². The molecule has 6 nitrogen and oxygen atoms in total. The van der Waals surface area contributed by atoms with Gasteiger partial charge in [0.25, 0.3) is 0 Å². The SMILES string of the molecule is Cc1ccc2c(c1)OC(C(=O)Cc1ccc(-c3cnco3)c(CO)c1)CO2. The molecule has 0 radical (unpaired) electrons. The molecule has 1 aliphatic heterocycles. The van der Waals surface area contributed by atoms with Gasteiger partial charge in [-0.25, -0.2) is 4.98 Å². The minimum absolute atomic E-state index is 0.0709. The number of rotatable bonds is 5. The van der Waals surface area contributed by atoms with Crippen molar-refractivity contribution in [1.82, 2.24) is 4.98 Å². The van der Waals surface area contributed by atoms with Crippen molar-refractivity contribution in [3.05, 3.63) is 65.7 Å². The summed E-state index contributed by atoms with van der Waals surface area (Å²) in [5.41, 5.74) is 3.28. The smallest absolute Gasteiger partial charge is 0.191 e. The average molecular weight is 365 g/mol. The Kier molecular flexibility index (Phi) is 4.64. The van der Waals surface area contributed by atoms with Crippen LogP contribution in [0, 0.1) is 6.92 Å². The molecule has 6 heteroatoms. The largest absolute Gasteiger partial charge is 0.485 e. The number of aliphatic hydroxyl groups excluding tert-OH is 1. The van der Waals surface area contributed by atoms with Crippen LogP contribution in [0.15, 0.2) is 53.4 Å². The van der Waals surface area contributed by atoms with E-state index in [0.29, 0.717) is 22.8 Å². The first-order valence-electron chi connectivity index (χ1n) is 8.68. The summed E-state index contributed by atoms with van der Waals surface area (Å²) < 4.78 is 16.8. The number of oxazole rings is 1. The average Bonchev–Trinajstić information content (AvgIpc) is 3.21. The van der Waals surface area contributed by atoms with E-state index in [0.717, 1.165) is 16.7 Å². The first kappa shape index (κ1) is 17.3. The molecule has 0 saturated carbocycles. The zero-order valence-electron chi connectivity index (χ0n) is 14.8. The van der Waals surface area contributed by atoms with Crippen molar-refractivity contribution in [2.24, 2.45) is 0 Å². The number of ether oxygens (including phenoxy) is 2. The molecule has 0 bridgehead atoms. The van der Waals surface area contributed by atoms with Gasteiger partial charge in [0.1, 0.15) is 6.61 Å². The highest BCUT2D eigenvalue weighted by Gasteiger charge is 2.27. The molecule has 2 aromatic carbocycles. The summed E-state index contributed by atoms with van der Waals surface area (Å²) in [6.45, 7) is 1.99. The van der Waals surface area contributed by atoms with Crippen LogP contribution in [0.25, 0.3) is 11.3 Å². The lowest BCUT2D eigenvalue weighted by molar-refractivity contribution is -0.127. The number of Topliss-reactive ketones (excluding diaryl/α,β-unsaturated/α-hetero) is 1. The molecule has 1 atom stereocenters. The quantitative estimate of drug-likeness (QED) is 0.748. The fraction of sp³-hybridized carbons (Fsp3) is 0.238. The molecule has 1 aliphatic rings. The third kappa shape index (κ3) is 3.57. The van der Waals surface area contributed by atoms with E-state index in [9.17, 15) is 9.90 Å². The van der Waals surface area contributed by atoms with Gasteiger partial charge in [-0.05, 0) is 35.7 Å². The van der Waals surface area contributed by atoms with Gasteiger partial charge in [-0.2, -0.15) is 0 Å². The van der Waals surface area contributed by atoms with Gasteiger partial charge in [0.05, 0.1) is 12.8 Å². The minimum Gasteiger partial charge on any atom is -0.485 e. The van der Waals surface area contributed by atoms with E-state index in [1.807, 2.05) is 37.3 Å². The molecule has 2 heterocycles. The second kappa shape index (κ2) is 7.25. The molecule has 138 valence electrons. The summed E-state index contributed by atoms with van der Waals surface area (Å²) >= 11 is 0. The van der Waals surface area contributed by atoms with Gasteiger partial charge >= 0.3 is 0 Å². The number of carbonyl (C=O) groups excluding carboxylic acids is 1. The zero-order valence-corrected chi connectivity index (χ0v) is 14.8. The minimum atomic E-state index is -0.647. The van der Waals surface area contributed by atoms with Crippen molar-refractivity contribution in [3.8, 4) is 22.8 Å². The van der Waals surface area contributed by atoms with Crippen molar-refractivity contribution < 1.29 is 23.8 Å². The Bertz CT molecular complexity index is 965. The van der Waals surface area contributed by atoms with Crippen molar-refractivity contribution >= 4 is 5.78 Å². The van der Waals surface area contributed by atoms with E-state index < -0.39 is 6.10 Å². The Morgan fingerprint density at radius 1 is 1.22 bits per heavy atom. The molecule has 0 fully saturated rings. The fourth-order valence-electron chi connectivity index (χ4n) is 3.13. The second-order valence-corrected chi connectivity index (χ2v) is 6.53. The van der Waals surface area contributed by atoms with E-state index in [2.05, 4.69) is 4.98 Å². The predicted molar refractivity (Wildman–Crippen MR) is 97.7 cm³/mol. The van der Waals surface area contributed by atoms with Gasteiger partial charge in [-0.1, -0.05) is 24.3 Å². The van der Waals surface area contributed by atoms with Crippen LogP contribution < -0.4 is 9.47 Å². The van der Waals surface area contributed by atoms with Crippen LogP contribution in [0.2, 0.25) is 0 Å². The van der Waals surface area contributed by atoms with Crippen LogP contribution in [-0.2, 0) is 17.8 Å². The number of aromatic nitrogens is 1. The van der Waals surface area contributed by atoms with Gasteiger partial charge in [0, 0.05) is 12.0 Å². The number of ketones is 1. The van der Waals surface area contributed by atoms with Crippen molar-refractivity contribution in [1.29, 1.82) is 0 Å². The predicted octanol–water partition coefficient (Wildman–Crippen LogP) is 3.09. The number of nitrogens with zero attached hydrogens (tertiary/aromatic N) is 1. The molecule has 1 unspecified atom stereocenters. The van der Waals surface area contributed by atoms with Crippen molar-refractivity contribution in [2.75, 3.05) is 6.61 Å². The lowest BCUT2D eigenvalue weighted by Gasteiger charge is -2.26. The third-order valence-electron chi connectivity index (χ3n) is 4.53.